The minimum atomic E-state index is -0.419. The molecule has 1 aromatic carbocycles. The van der Waals surface area contributed by atoms with E-state index in [1.54, 1.807) is 35.9 Å². The van der Waals surface area contributed by atoms with Gasteiger partial charge in [-0.3, -0.25) is 9.59 Å². The Kier molecular flexibility index (Phi) is 5.38. The summed E-state index contributed by atoms with van der Waals surface area (Å²) in [4.78, 5) is 24.1. The molecule has 1 atom stereocenters. The van der Waals surface area contributed by atoms with E-state index in [-0.39, 0.29) is 17.2 Å². The molecular weight excluding hydrogens is 326 g/mol. The third-order valence-corrected chi connectivity index (χ3v) is 4.32. The summed E-state index contributed by atoms with van der Waals surface area (Å²) >= 11 is 1.28. The number of thioether (sulfide) groups is 1. The molecule has 2 rings (SSSR count). The topological polar surface area (TPSA) is 89.8 Å². The Labute approximate surface area is 145 Å². The molecule has 0 bridgehead atoms. The molecule has 0 radical (unpaired) electrons. The lowest BCUT2D eigenvalue weighted by atomic mass is 10.1. The van der Waals surface area contributed by atoms with E-state index >= 15 is 0 Å². The second kappa shape index (κ2) is 7.12. The van der Waals surface area contributed by atoms with Crippen LogP contribution in [0.5, 0.6) is 0 Å². The van der Waals surface area contributed by atoms with Crippen molar-refractivity contribution >= 4 is 29.1 Å². The maximum absolute atomic E-state index is 12.5. The van der Waals surface area contributed by atoms with E-state index in [1.165, 1.54) is 18.7 Å². The number of amides is 1. The lowest BCUT2D eigenvalue weighted by Gasteiger charge is -2.20. The van der Waals surface area contributed by atoms with E-state index in [1.807, 2.05) is 20.8 Å². The zero-order valence-electron chi connectivity index (χ0n) is 14.4. The summed E-state index contributed by atoms with van der Waals surface area (Å²) in [5.74, 6) is -0.306. The summed E-state index contributed by atoms with van der Waals surface area (Å²) in [5.41, 5.74) is 0.726. The number of nitrogens with one attached hydrogen (secondary N) is 1. The Morgan fingerprint density at radius 3 is 2.54 bits per heavy atom. The molecule has 0 aliphatic heterocycles. The number of anilines is 1. The van der Waals surface area contributed by atoms with Gasteiger partial charge in [0.1, 0.15) is 0 Å². The average molecular weight is 347 g/mol. The van der Waals surface area contributed by atoms with Crippen molar-refractivity contribution in [2.75, 3.05) is 5.32 Å². The standard InChI is InChI=1S/C16H21N5O2S/c1-10(22)12-8-6-7-9-13(12)17-14(23)11(2)24-15-18-19-20-21(15)16(3,4)5/h6-9,11H,1-5H3,(H,17,23)/t11-/m0/s1. The first-order valence-electron chi connectivity index (χ1n) is 7.56. The number of rotatable bonds is 5. The van der Waals surface area contributed by atoms with Crippen molar-refractivity contribution in [3.05, 3.63) is 29.8 Å². The molecular formula is C16H21N5O2S. The fourth-order valence-corrected chi connectivity index (χ4v) is 2.99. The van der Waals surface area contributed by atoms with E-state index in [0.717, 1.165) is 0 Å². The van der Waals surface area contributed by atoms with E-state index in [2.05, 4.69) is 20.8 Å². The van der Waals surface area contributed by atoms with Crippen LogP contribution in [0.25, 0.3) is 0 Å². The first-order chi connectivity index (χ1) is 11.2. The fourth-order valence-electron chi connectivity index (χ4n) is 2.02. The van der Waals surface area contributed by atoms with Gasteiger partial charge in [-0.1, -0.05) is 23.9 Å². The zero-order chi connectivity index (χ0) is 17.9. The van der Waals surface area contributed by atoms with Gasteiger partial charge in [0.2, 0.25) is 11.1 Å². The highest BCUT2D eigenvalue weighted by molar-refractivity contribution is 8.00. The van der Waals surface area contributed by atoms with Crippen molar-refractivity contribution < 1.29 is 9.59 Å². The van der Waals surface area contributed by atoms with Crippen molar-refractivity contribution in [3.63, 3.8) is 0 Å². The van der Waals surface area contributed by atoms with Crippen LogP contribution in [0.1, 0.15) is 45.0 Å². The average Bonchev–Trinajstić information content (AvgIpc) is 2.95. The molecule has 0 saturated heterocycles. The number of tetrazole rings is 1. The monoisotopic (exact) mass is 347 g/mol. The molecule has 2 aromatic rings. The van der Waals surface area contributed by atoms with Gasteiger partial charge >= 0.3 is 0 Å². The Morgan fingerprint density at radius 1 is 1.25 bits per heavy atom. The fraction of sp³-hybridized carbons (Fsp3) is 0.438. The summed E-state index contributed by atoms with van der Waals surface area (Å²) < 4.78 is 1.69. The van der Waals surface area contributed by atoms with Crippen LogP contribution in [0.3, 0.4) is 0 Å². The molecule has 128 valence electrons. The molecule has 0 fully saturated rings. The van der Waals surface area contributed by atoms with Crippen molar-refractivity contribution in [3.8, 4) is 0 Å². The van der Waals surface area contributed by atoms with Gasteiger partial charge in [-0.2, -0.15) is 0 Å². The molecule has 0 aliphatic carbocycles. The number of Topliss-reactive ketones (excluding diaryl/α,β-unsaturated/α-hetero) is 1. The Hall–Kier alpha value is -2.22. The van der Waals surface area contributed by atoms with Crippen LogP contribution < -0.4 is 5.32 Å². The normalized spacial score (nSPS) is 12.7. The number of nitrogens with zero attached hydrogens (tertiary/aromatic N) is 4. The predicted octanol–water partition coefficient (Wildman–Crippen LogP) is 2.75. The summed E-state index contributed by atoms with van der Waals surface area (Å²) in [6.07, 6.45) is 0. The summed E-state index contributed by atoms with van der Waals surface area (Å²) in [6.45, 7) is 9.21. The van der Waals surface area contributed by atoms with E-state index in [9.17, 15) is 9.59 Å². The molecule has 0 spiro atoms. The molecule has 1 N–H and O–H groups in total. The number of benzene rings is 1. The molecule has 0 unspecified atom stereocenters. The van der Waals surface area contributed by atoms with Gasteiger partial charge < -0.3 is 5.32 Å². The third-order valence-electron chi connectivity index (χ3n) is 3.29. The zero-order valence-corrected chi connectivity index (χ0v) is 15.2. The highest BCUT2D eigenvalue weighted by Gasteiger charge is 2.24. The molecule has 8 heteroatoms. The molecule has 0 saturated carbocycles. The highest BCUT2D eigenvalue weighted by atomic mass is 32.2. The SMILES string of the molecule is CC(=O)c1ccccc1NC(=O)[C@H](C)Sc1nnnn1C(C)(C)C. The van der Waals surface area contributed by atoms with Gasteiger partial charge in [0.05, 0.1) is 16.5 Å². The maximum Gasteiger partial charge on any atom is 0.237 e. The third kappa shape index (κ3) is 4.19. The Bertz CT molecular complexity index is 751. The summed E-state index contributed by atoms with van der Waals surface area (Å²) in [6, 6.07) is 6.95. The molecule has 7 nitrogen and oxygen atoms in total. The second-order valence-electron chi connectivity index (χ2n) is 6.40. The number of aromatic nitrogens is 4. The molecule has 0 aliphatic rings. The van der Waals surface area contributed by atoms with Crippen LogP contribution in [0.15, 0.2) is 29.4 Å². The number of ketones is 1. The molecule has 24 heavy (non-hydrogen) atoms. The predicted molar refractivity (Wildman–Crippen MR) is 93.2 cm³/mol. The van der Waals surface area contributed by atoms with E-state index in [0.29, 0.717) is 16.4 Å². The first kappa shape index (κ1) is 18.1. The van der Waals surface area contributed by atoms with E-state index < -0.39 is 5.25 Å². The molecule has 1 amide bonds. The molecule has 1 aromatic heterocycles. The van der Waals surface area contributed by atoms with Crippen molar-refractivity contribution in [2.24, 2.45) is 0 Å². The van der Waals surface area contributed by atoms with Crippen molar-refractivity contribution in [1.82, 2.24) is 20.2 Å². The maximum atomic E-state index is 12.5. The number of carbonyl (C=O) groups is 2. The largest absolute Gasteiger partial charge is 0.324 e. The van der Waals surface area contributed by atoms with Gasteiger partial charge in [0, 0.05) is 5.56 Å². The van der Waals surface area contributed by atoms with Crippen molar-refractivity contribution in [1.29, 1.82) is 0 Å². The smallest absolute Gasteiger partial charge is 0.237 e. The van der Waals surface area contributed by atoms with Gasteiger partial charge in [0.15, 0.2) is 5.78 Å². The highest BCUT2D eigenvalue weighted by Crippen LogP contribution is 2.26. The van der Waals surface area contributed by atoms with Gasteiger partial charge in [-0.05, 0) is 57.2 Å². The van der Waals surface area contributed by atoms with Crippen LogP contribution in [0.4, 0.5) is 5.69 Å². The summed E-state index contributed by atoms with van der Waals surface area (Å²) in [7, 11) is 0. The van der Waals surface area contributed by atoms with Crippen LogP contribution in [0, 0.1) is 0 Å². The summed E-state index contributed by atoms with van der Waals surface area (Å²) in [5, 5.41) is 14.6. The lowest BCUT2D eigenvalue weighted by Crippen LogP contribution is -2.27. The Morgan fingerprint density at radius 2 is 1.92 bits per heavy atom. The first-order valence-corrected chi connectivity index (χ1v) is 8.44. The van der Waals surface area contributed by atoms with Crippen LogP contribution in [-0.4, -0.2) is 37.1 Å². The number of carbonyl (C=O) groups excluding carboxylic acids is 2. The van der Waals surface area contributed by atoms with Gasteiger partial charge in [-0.25, -0.2) is 4.68 Å². The van der Waals surface area contributed by atoms with Crippen LogP contribution in [0.2, 0.25) is 0 Å². The van der Waals surface area contributed by atoms with Crippen LogP contribution in [-0.2, 0) is 10.3 Å². The minimum Gasteiger partial charge on any atom is -0.324 e. The number of hydrogen-bond donors (Lipinski definition) is 1. The van der Waals surface area contributed by atoms with Crippen LogP contribution >= 0.6 is 11.8 Å². The number of hydrogen-bond acceptors (Lipinski definition) is 6. The quantitative estimate of drug-likeness (QED) is 0.661. The van der Waals surface area contributed by atoms with E-state index in [4.69, 9.17) is 0 Å². The Balaban J connectivity index is 2.12. The van der Waals surface area contributed by atoms with Crippen molar-refractivity contribution in [2.45, 2.75) is 50.6 Å². The number of para-hydroxylation sites is 1. The van der Waals surface area contributed by atoms with Gasteiger partial charge in [-0.15, -0.1) is 5.10 Å². The lowest BCUT2D eigenvalue weighted by molar-refractivity contribution is -0.115. The van der Waals surface area contributed by atoms with Gasteiger partial charge in [0.25, 0.3) is 0 Å². The minimum absolute atomic E-state index is 0.0946. The molecule has 1 heterocycles. The second-order valence-corrected chi connectivity index (χ2v) is 7.70.